The molecule has 0 spiro atoms. The van der Waals surface area contributed by atoms with E-state index >= 15 is 0 Å². The molecule has 3 unspecified atom stereocenters. The average Bonchev–Trinajstić information content (AvgIpc) is 3.43. The van der Waals surface area contributed by atoms with Crippen LogP contribution in [0.3, 0.4) is 0 Å². The second kappa shape index (κ2) is 9.42. The van der Waals surface area contributed by atoms with Gasteiger partial charge in [-0.2, -0.15) is 13.2 Å². The van der Waals surface area contributed by atoms with Crippen LogP contribution in [-0.2, 0) is 11.0 Å². The van der Waals surface area contributed by atoms with Crippen LogP contribution in [0.4, 0.5) is 18.9 Å². The average molecular weight is 506 g/mol. The maximum absolute atomic E-state index is 13.8. The number of rotatable bonds is 6. The number of halogens is 3. The molecule has 2 amide bonds. The van der Waals surface area contributed by atoms with E-state index in [0.29, 0.717) is 12.0 Å². The Morgan fingerprint density at radius 1 is 1.03 bits per heavy atom. The van der Waals surface area contributed by atoms with Crippen molar-refractivity contribution in [3.05, 3.63) is 101 Å². The van der Waals surface area contributed by atoms with Crippen molar-refractivity contribution in [1.82, 2.24) is 9.88 Å². The summed E-state index contributed by atoms with van der Waals surface area (Å²) in [6.07, 6.45) is -2.10. The smallest absolute Gasteiger partial charge is 0.361 e. The zero-order valence-corrected chi connectivity index (χ0v) is 20.3. The Bertz CT molecular complexity index is 1480. The fourth-order valence-corrected chi connectivity index (χ4v) is 5.13. The van der Waals surface area contributed by atoms with E-state index < -0.39 is 29.7 Å². The van der Waals surface area contributed by atoms with Crippen LogP contribution in [0.1, 0.15) is 53.4 Å². The second-order valence-electron chi connectivity index (χ2n) is 9.39. The van der Waals surface area contributed by atoms with Gasteiger partial charge in [0.1, 0.15) is 6.04 Å². The minimum absolute atomic E-state index is 0.0286. The number of aromatic nitrogens is 1. The Morgan fingerprint density at radius 3 is 2.51 bits per heavy atom. The number of hydrogen-bond donors (Lipinski definition) is 2. The number of carbonyl (C=O) groups is 2. The van der Waals surface area contributed by atoms with Crippen LogP contribution in [-0.4, -0.2) is 27.7 Å². The van der Waals surface area contributed by atoms with Gasteiger partial charge in [0.05, 0.1) is 11.6 Å². The van der Waals surface area contributed by atoms with E-state index in [1.54, 1.807) is 17.0 Å². The first-order valence-corrected chi connectivity index (χ1v) is 12.2. The Hall–Kier alpha value is -4.07. The number of nitrogens with one attached hydrogen (secondary N) is 2. The summed E-state index contributed by atoms with van der Waals surface area (Å²) in [6, 6.07) is 18.1. The normalized spacial score (nSPS) is 17.1. The number of alkyl halides is 3. The molecule has 0 saturated carbocycles. The van der Waals surface area contributed by atoms with Crippen LogP contribution < -0.4 is 5.32 Å². The van der Waals surface area contributed by atoms with E-state index in [1.807, 2.05) is 56.4 Å². The largest absolute Gasteiger partial charge is 0.416 e. The molecule has 2 heterocycles. The maximum Gasteiger partial charge on any atom is 0.416 e. The fourth-order valence-electron chi connectivity index (χ4n) is 5.13. The van der Waals surface area contributed by atoms with Gasteiger partial charge >= 0.3 is 6.18 Å². The van der Waals surface area contributed by atoms with E-state index in [0.717, 1.165) is 34.2 Å². The molecule has 4 aromatic rings. The lowest BCUT2D eigenvalue weighted by atomic mass is 9.92. The summed E-state index contributed by atoms with van der Waals surface area (Å²) >= 11 is 0. The van der Waals surface area contributed by atoms with Gasteiger partial charge in [-0.15, -0.1) is 0 Å². The van der Waals surface area contributed by atoms with Gasteiger partial charge < -0.3 is 15.2 Å². The number of H-pyrrole nitrogens is 1. The van der Waals surface area contributed by atoms with E-state index in [4.69, 9.17) is 0 Å². The molecular weight excluding hydrogens is 479 g/mol. The third-order valence-electron chi connectivity index (χ3n) is 7.12. The lowest BCUT2D eigenvalue weighted by Crippen LogP contribution is -2.49. The number of para-hydroxylation sites is 1. The molecule has 3 aromatic carbocycles. The molecule has 0 bridgehead atoms. The number of benzene rings is 3. The summed E-state index contributed by atoms with van der Waals surface area (Å²) in [5.41, 5.74) is 2.24. The number of nitrogens with zero attached hydrogens (tertiary/aromatic N) is 1. The predicted molar refractivity (Wildman–Crippen MR) is 136 cm³/mol. The van der Waals surface area contributed by atoms with Gasteiger partial charge in [-0.3, -0.25) is 9.59 Å². The standard InChI is InChI=1S/C29H26F3N3O2/c1-3-17(2)25(27(36)34-19-10-8-9-18(15-19)29(30,31)32)35-26(21-12-4-5-13-22(21)28(35)37)23-16-33-24-14-7-6-11-20(23)24/h4-17,25-26,33H,3H2,1-2H3,(H,34,36). The van der Waals surface area contributed by atoms with E-state index in [2.05, 4.69) is 10.3 Å². The summed E-state index contributed by atoms with van der Waals surface area (Å²) in [7, 11) is 0. The number of anilines is 1. The summed E-state index contributed by atoms with van der Waals surface area (Å²) in [5.74, 6) is -1.08. The van der Waals surface area contributed by atoms with Gasteiger partial charge in [0.2, 0.25) is 5.91 Å². The molecule has 3 atom stereocenters. The minimum Gasteiger partial charge on any atom is -0.361 e. The Labute approximate surface area is 212 Å². The van der Waals surface area contributed by atoms with E-state index in [1.165, 1.54) is 12.1 Å². The van der Waals surface area contributed by atoms with Gasteiger partial charge in [-0.1, -0.05) is 62.7 Å². The van der Waals surface area contributed by atoms with Gasteiger partial charge in [-0.05, 0) is 41.8 Å². The summed E-state index contributed by atoms with van der Waals surface area (Å²) in [4.78, 5) is 32.4. The zero-order valence-electron chi connectivity index (χ0n) is 20.3. The highest BCUT2D eigenvalue weighted by Gasteiger charge is 2.46. The van der Waals surface area contributed by atoms with Crippen LogP contribution in [0.15, 0.2) is 79.0 Å². The number of amides is 2. The molecule has 190 valence electrons. The molecular formula is C29H26F3N3O2. The number of aromatic amines is 1. The first kappa shape index (κ1) is 24.6. The quantitative estimate of drug-likeness (QED) is 0.303. The SMILES string of the molecule is CCC(C)C(C(=O)Nc1cccc(C(F)(F)F)c1)N1C(=O)c2ccccc2C1c1c[nH]c2ccccc12. The molecule has 1 aliphatic heterocycles. The van der Waals surface area contributed by atoms with Crippen molar-refractivity contribution in [2.24, 2.45) is 5.92 Å². The Kier molecular flexibility index (Phi) is 6.27. The molecule has 37 heavy (non-hydrogen) atoms. The highest BCUT2D eigenvalue weighted by Crippen LogP contribution is 2.44. The predicted octanol–water partition coefficient (Wildman–Crippen LogP) is 6.79. The van der Waals surface area contributed by atoms with Crippen LogP contribution >= 0.6 is 0 Å². The zero-order chi connectivity index (χ0) is 26.3. The lowest BCUT2D eigenvalue weighted by Gasteiger charge is -2.36. The molecule has 0 aliphatic carbocycles. The monoisotopic (exact) mass is 505 g/mol. The topological polar surface area (TPSA) is 65.2 Å². The van der Waals surface area contributed by atoms with Crippen molar-refractivity contribution < 1.29 is 22.8 Å². The molecule has 1 aromatic heterocycles. The van der Waals surface area contributed by atoms with Crippen molar-refractivity contribution in [2.45, 2.75) is 38.5 Å². The van der Waals surface area contributed by atoms with Gasteiger partial charge in [-0.25, -0.2) is 0 Å². The van der Waals surface area contributed by atoms with Crippen molar-refractivity contribution >= 4 is 28.4 Å². The first-order valence-electron chi connectivity index (χ1n) is 12.2. The van der Waals surface area contributed by atoms with Crippen molar-refractivity contribution in [3.63, 3.8) is 0 Å². The summed E-state index contributed by atoms with van der Waals surface area (Å²) in [6.45, 7) is 3.79. The van der Waals surface area contributed by atoms with Crippen molar-refractivity contribution in [3.8, 4) is 0 Å². The molecule has 1 aliphatic rings. The minimum atomic E-state index is -4.54. The third kappa shape index (κ3) is 4.37. The molecule has 5 nitrogen and oxygen atoms in total. The molecule has 0 radical (unpaired) electrons. The van der Waals surface area contributed by atoms with E-state index in [9.17, 15) is 22.8 Å². The highest BCUT2D eigenvalue weighted by molar-refractivity contribution is 6.05. The maximum atomic E-state index is 13.8. The fraction of sp³-hybridized carbons (Fsp3) is 0.241. The molecule has 2 N–H and O–H groups in total. The number of hydrogen-bond acceptors (Lipinski definition) is 2. The second-order valence-corrected chi connectivity index (χ2v) is 9.39. The van der Waals surface area contributed by atoms with Crippen LogP contribution in [0, 0.1) is 5.92 Å². The first-order chi connectivity index (χ1) is 17.7. The van der Waals surface area contributed by atoms with Crippen molar-refractivity contribution in [2.75, 3.05) is 5.32 Å². The Morgan fingerprint density at radius 2 is 1.76 bits per heavy atom. The third-order valence-corrected chi connectivity index (χ3v) is 7.12. The van der Waals surface area contributed by atoms with Crippen LogP contribution in [0.2, 0.25) is 0 Å². The molecule has 0 saturated heterocycles. The van der Waals surface area contributed by atoms with Gasteiger partial charge in [0.25, 0.3) is 5.91 Å². The van der Waals surface area contributed by atoms with Crippen LogP contribution in [0.5, 0.6) is 0 Å². The summed E-state index contributed by atoms with van der Waals surface area (Å²) < 4.78 is 39.8. The number of carbonyl (C=O) groups excluding carboxylic acids is 2. The highest BCUT2D eigenvalue weighted by atomic mass is 19.4. The molecule has 0 fully saturated rings. The summed E-state index contributed by atoms with van der Waals surface area (Å²) in [5, 5.41) is 3.59. The van der Waals surface area contributed by atoms with Crippen LogP contribution in [0.25, 0.3) is 10.9 Å². The van der Waals surface area contributed by atoms with Gasteiger partial charge in [0.15, 0.2) is 0 Å². The molecule has 8 heteroatoms. The van der Waals surface area contributed by atoms with Gasteiger partial charge in [0, 0.05) is 33.9 Å². The molecule has 5 rings (SSSR count). The lowest BCUT2D eigenvalue weighted by molar-refractivity contribution is -0.137. The Balaban J connectivity index is 1.59. The number of fused-ring (bicyclic) bond motifs is 2. The van der Waals surface area contributed by atoms with E-state index in [-0.39, 0.29) is 17.5 Å². The van der Waals surface area contributed by atoms with Crippen molar-refractivity contribution in [1.29, 1.82) is 0 Å².